The summed E-state index contributed by atoms with van der Waals surface area (Å²) in [6.07, 6.45) is 0.669. The fourth-order valence-electron chi connectivity index (χ4n) is 2.02. The molecule has 4 nitrogen and oxygen atoms in total. The van der Waals surface area contributed by atoms with Crippen molar-refractivity contribution in [2.45, 2.75) is 27.2 Å². The number of halogens is 1. The van der Waals surface area contributed by atoms with E-state index in [2.05, 4.69) is 5.32 Å². The van der Waals surface area contributed by atoms with E-state index in [1.54, 1.807) is 18.2 Å². The lowest BCUT2D eigenvalue weighted by Crippen LogP contribution is -2.59. The first-order chi connectivity index (χ1) is 8.89. The Hall–Kier alpha value is -1.55. The van der Waals surface area contributed by atoms with Crippen molar-refractivity contribution < 1.29 is 9.59 Å². The Morgan fingerprint density at radius 1 is 1.42 bits per heavy atom. The lowest BCUT2D eigenvalue weighted by atomic mass is 9.84. The van der Waals surface area contributed by atoms with Crippen LogP contribution >= 0.6 is 11.6 Å². The van der Waals surface area contributed by atoms with Crippen LogP contribution in [-0.2, 0) is 4.79 Å². The lowest BCUT2D eigenvalue weighted by Gasteiger charge is -2.38. The van der Waals surface area contributed by atoms with E-state index in [0.717, 1.165) is 5.56 Å². The zero-order valence-electron chi connectivity index (χ0n) is 11.3. The third kappa shape index (κ3) is 2.32. The number of carbonyl (C=O) groups excluding carboxylic acids is 2. The highest BCUT2D eigenvalue weighted by molar-refractivity contribution is 6.32. The van der Waals surface area contributed by atoms with E-state index in [1.807, 2.05) is 20.8 Å². The van der Waals surface area contributed by atoms with E-state index >= 15 is 0 Å². The highest BCUT2D eigenvalue weighted by Crippen LogP contribution is 2.31. The summed E-state index contributed by atoms with van der Waals surface area (Å²) in [5.41, 5.74) is 0.858. The van der Waals surface area contributed by atoms with Gasteiger partial charge in [-0.15, -0.1) is 0 Å². The monoisotopic (exact) mass is 280 g/mol. The van der Waals surface area contributed by atoms with Gasteiger partial charge in [0.15, 0.2) is 0 Å². The number of amides is 3. The van der Waals surface area contributed by atoms with Crippen molar-refractivity contribution in [3.05, 3.63) is 28.8 Å². The fraction of sp³-hybridized carbons (Fsp3) is 0.429. The fourth-order valence-corrected chi connectivity index (χ4v) is 2.19. The Balaban J connectivity index is 2.43. The number of nitrogens with zero attached hydrogens (tertiary/aromatic N) is 1. The Morgan fingerprint density at radius 2 is 2.11 bits per heavy atom. The molecule has 0 saturated carbocycles. The molecule has 0 bridgehead atoms. The van der Waals surface area contributed by atoms with Crippen LogP contribution in [0.25, 0.3) is 0 Å². The summed E-state index contributed by atoms with van der Waals surface area (Å²) in [4.78, 5) is 25.6. The van der Waals surface area contributed by atoms with Gasteiger partial charge < -0.3 is 5.32 Å². The third-order valence-corrected chi connectivity index (χ3v) is 4.15. The second-order valence-electron chi connectivity index (χ2n) is 5.15. The number of urea groups is 1. The van der Waals surface area contributed by atoms with Crippen molar-refractivity contribution in [1.29, 1.82) is 0 Å². The van der Waals surface area contributed by atoms with E-state index < -0.39 is 11.4 Å². The summed E-state index contributed by atoms with van der Waals surface area (Å²) in [6.45, 7) is 6.05. The molecular weight excluding hydrogens is 264 g/mol. The highest BCUT2D eigenvalue weighted by Gasteiger charge is 2.43. The molecule has 0 radical (unpaired) electrons. The van der Waals surface area contributed by atoms with Crippen LogP contribution in [0.4, 0.5) is 10.5 Å². The summed E-state index contributed by atoms with van der Waals surface area (Å²) in [5, 5.41) is 3.30. The Kier molecular flexibility index (Phi) is 3.54. The average molecular weight is 281 g/mol. The van der Waals surface area contributed by atoms with E-state index in [4.69, 9.17) is 11.6 Å². The van der Waals surface area contributed by atoms with Crippen LogP contribution in [-0.4, -0.2) is 18.5 Å². The first kappa shape index (κ1) is 13.9. The van der Waals surface area contributed by atoms with Crippen molar-refractivity contribution in [2.24, 2.45) is 5.41 Å². The molecule has 1 atom stereocenters. The number of nitrogens with one attached hydrogen (secondary N) is 1. The molecule has 1 saturated heterocycles. The molecule has 1 fully saturated rings. The summed E-state index contributed by atoms with van der Waals surface area (Å²) >= 11 is 6.06. The second kappa shape index (κ2) is 4.85. The number of rotatable bonds is 2. The van der Waals surface area contributed by atoms with Crippen molar-refractivity contribution in [2.75, 3.05) is 11.4 Å². The highest BCUT2D eigenvalue weighted by atomic mass is 35.5. The van der Waals surface area contributed by atoms with Gasteiger partial charge in [-0.25, -0.2) is 9.69 Å². The smallest absolute Gasteiger partial charge is 0.328 e. The van der Waals surface area contributed by atoms with Gasteiger partial charge >= 0.3 is 6.03 Å². The number of benzene rings is 1. The van der Waals surface area contributed by atoms with E-state index in [0.29, 0.717) is 23.7 Å². The van der Waals surface area contributed by atoms with Crippen molar-refractivity contribution in [3.63, 3.8) is 0 Å². The molecule has 1 aliphatic rings. The Labute approximate surface area is 117 Å². The van der Waals surface area contributed by atoms with Crippen LogP contribution in [0.15, 0.2) is 18.2 Å². The Morgan fingerprint density at radius 3 is 2.68 bits per heavy atom. The lowest BCUT2D eigenvalue weighted by molar-refractivity contribution is -0.127. The number of anilines is 1. The number of hydrogen-bond donors (Lipinski definition) is 1. The SMILES string of the molecule is CCC1(C)CNC(=O)N(c2ccc(C)c(Cl)c2)C1=O. The number of hydrogen-bond acceptors (Lipinski definition) is 2. The molecule has 102 valence electrons. The molecule has 0 spiro atoms. The summed E-state index contributed by atoms with van der Waals surface area (Å²) in [5.74, 6) is -0.182. The molecule has 1 aromatic rings. The van der Waals surface area contributed by atoms with Gasteiger partial charge in [0, 0.05) is 11.6 Å². The molecule has 1 N–H and O–H groups in total. The van der Waals surface area contributed by atoms with E-state index in [-0.39, 0.29) is 5.91 Å². The van der Waals surface area contributed by atoms with Gasteiger partial charge in [-0.05, 0) is 38.0 Å². The van der Waals surface area contributed by atoms with Gasteiger partial charge in [0.2, 0.25) is 5.91 Å². The van der Waals surface area contributed by atoms with Crippen LogP contribution < -0.4 is 10.2 Å². The van der Waals surface area contributed by atoms with Gasteiger partial charge in [0.05, 0.1) is 11.1 Å². The molecule has 2 rings (SSSR count). The summed E-state index contributed by atoms with van der Waals surface area (Å²) < 4.78 is 0. The minimum Gasteiger partial charge on any atom is -0.336 e. The predicted octanol–water partition coefficient (Wildman–Crippen LogP) is 3.12. The number of imide groups is 1. The minimum atomic E-state index is -0.564. The van der Waals surface area contributed by atoms with E-state index in [9.17, 15) is 9.59 Å². The van der Waals surface area contributed by atoms with Crippen LogP contribution in [0.5, 0.6) is 0 Å². The maximum atomic E-state index is 12.5. The summed E-state index contributed by atoms with van der Waals surface area (Å²) in [7, 11) is 0. The second-order valence-corrected chi connectivity index (χ2v) is 5.55. The molecule has 1 aliphatic heterocycles. The Bertz CT molecular complexity index is 544. The molecule has 1 aromatic carbocycles. The largest absolute Gasteiger partial charge is 0.336 e. The topological polar surface area (TPSA) is 49.4 Å². The van der Waals surface area contributed by atoms with E-state index in [1.165, 1.54) is 4.90 Å². The first-order valence-corrected chi connectivity index (χ1v) is 6.65. The first-order valence-electron chi connectivity index (χ1n) is 6.27. The van der Waals surface area contributed by atoms with Gasteiger partial charge in [-0.1, -0.05) is 24.6 Å². The number of carbonyl (C=O) groups is 2. The third-order valence-electron chi connectivity index (χ3n) is 3.75. The molecule has 0 aliphatic carbocycles. The maximum absolute atomic E-state index is 12.5. The molecule has 1 unspecified atom stereocenters. The standard InChI is InChI=1S/C14H17ClN2O2/c1-4-14(3)8-16-13(19)17(12(14)18)10-6-5-9(2)11(15)7-10/h5-7H,4,8H2,1-3H3,(H,16,19). The van der Waals surface area contributed by atoms with Gasteiger partial charge in [-0.3, -0.25) is 4.79 Å². The molecule has 0 aromatic heterocycles. The van der Waals surface area contributed by atoms with Gasteiger partial charge in [0.25, 0.3) is 0 Å². The molecular formula is C14H17ClN2O2. The van der Waals surface area contributed by atoms with Gasteiger partial charge in [-0.2, -0.15) is 0 Å². The molecule has 19 heavy (non-hydrogen) atoms. The van der Waals surface area contributed by atoms with Gasteiger partial charge in [0.1, 0.15) is 0 Å². The molecule has 3 amide bonds. The normalized spacial score (nSPS) is 23.5. The quantitative estimate of drug-likeness (QED) is 0.905. The minimum absolute atomic E-state index is 0.182. The maximum Gasteiger partial charge on any atom is 0.328 e. The average Bonchev–Trinajstić information content (AvgIpc) is 2.39. The zero-order valence-corrected chi connectivity index (χ0v) is 12.0. The van der Waals surface area contributed by atoms with Crippen LogP contribution in [0.1, 0.15) is 25.8 Å². The van der Waals surface area contributed by atoms with Crippen LogP contribution in [0, 0.1) is 12.3 Å². The zero-order chi connectivity index (χ0) is 14.2. The van der Waals surface area contributed by atoms with Crippen LogP contribution in [0.3, 0.4) is 0 Å². The van der Waals surface area contributed by atoms with Crippen molar-refractivity contribution in [3.8, 4) is 0 Å². The molecule has 5 heteroatoms. The summed E-state index contributed by atoms with van der Waals surface area (Å²) in [6, 6.07) is 4.79. The van der Waals surface area contributed by atoms with Crippen molar-refractivity contribution >= 4 is 29.2 Å². The van der Waals surface area contributed by atoms with Crippen LogP contribution in [0.2, 0.25) is 5.02 Å². The number of aryl methyl sites for hydroxylation is 1. The predicted molar refractivity (Wildman–Crippen MR) is 75.5 cm³/mol. The molecule has 1 heterocycles. The van der Waals surface area contributed by atoms with Crippen molar-refractivity contribution in [1.82, 2.24) is 5.32 Å².